The van der Waals surface area contributed by atoms with Crippen molar-refractivity contribution >= 4 is 34.8 Å². The van der Waals surface area contributed by atoms with Crippen LogP contribution in [-0.2, 0) is 9.59 Å². The number of piperazine rings is 1. The lowest BCUT2D eigenvalue weighted by molar-refractivity contribution is -0.120. The molecule has 134 valence electrons. The predicted octanol–water partition coefficient (Wildman–Crippen LogP) is 3.02. The molecule has 1 aliphatic heterocycles. The molecular formula is C20H20ClN3O2. The van der Waals surface area contributed by atoms with E-state index >= 15 is 0 Å². The molecule has 1 saturated heterocycles. The highest BCUT2D eigenvalue weighted by Gasteiger charge is 2.44. The van der Waals surface area contributed by atoms with Gasteiger partial charge in [-0.1, -0.05) is 29.8 Å². The minimum Gasteiger partial charge on any atom is -0.360 e. The molecule has 5 nitrogen and oxygen atoms in total. The van der Waals surface area contributed by atoms with Gasteiger partial charge in [-0.15, -0.1) is 0 Å². The Labute approximate surface area is 157 Å². The summed E-state index contributed by atoms with van der Waals surface area (Å²) in [5, 5.41) is 6.52. The van der Waals surface area contributed by atoms with Crippen molar-refractivity contribution in [2.75, 3.05) is 29.9 Å². The van der Waals surface area contributed by atoms with Gasteiger partial charge < -0.3 is 15.5 Å². The first-order chi connectivity index (χ1) is 12.6. The van der Waals surface area contributed by atoms with Gasteiger partial charge in [-0.05, 0) is 48.2 Å². The molecule has 26 heavy (non-hydrogen) atoms. The van der Waals surface area contributed by atoms with Crippen LogP contribution in [0.3, 0.4) is 0 Å². The first kappa shape index (κ1) is 16.9. The molecule has 2 fully saturated rings. The molecule has 6 heteroatoms. The van der Waals surface area contributed by atoms with Gasteiger partial charge in [0.2, 0.25) is 11.8 Å². The molecule has 1 saturated carbocycles. The van der Waals surface area contributed by atoms with Crippen molar-refractivity contribution in [2.24, 2.45) is 5.92 Å². The summed E-state index contributed by atoms with van der Waals surface area (Å²) in [5.74, 6) is 0.239. The number of carbonyl (C=O) groups is 2. The number of hydrogen-bond donors (Lipinski definition) is 2. The fourth-order valence-corrected chi connectivity index (χ4v) is 3.73. The minimum atomic E-state index is -0.0274. The molecule has 4 rings (SSSR count). The molecule has 2 amide bonds. The number of benzene rings is 2. The van der Waals surface area contributed by atoms with E-state index in [-0.39, 0.29) is 23.7 Å². The number of hydrogen-bond acceptors (Lipinski definition) is 3. The maximum atomic E-state index is 12.5. The molecule has 2 aromatic carbocycles. The molecule has 0 radical (unpaired) electrons. The molecule has 2 N–H and O–H groups in total. The molecule has 2 atom stereocenters. The zero-order chi connectivity index (χ0) is 18.1. The molecule has 0 aromatic heterocycles. The van der Waals surface area contributed by atoms with Crippen LogP contribution in [0.1, 0.15) is 17.9 Å². The molecule has 2 aliphatic rings. The van der Waals surface area contributed by atoms with Crippen molar-refractivity contribution in [3.8, 4) is 0 Å². The first-order valence-corrected chi connectivity index (χ1v) is 9.16. The summed E-state index contributed by atoms with van der Waals surface area (Å²) < 4.78 is 0. The second-order valence-corrected chi connectivity index (χ2v) is 7.19. The predicted molar refractivity (Wildman–Crippen MR) is 103 cm³/mol. The molecule has 0 bridgehead atoms. The van der Waals surface area contributed by atoms with Crippen LogP contribution in [-0.4, -0.2) is 31.4 Å². The number of nitrogens with one attached hydrogen (secondary N) is 2. The number of amides is 2. The van der Waals surface area contributed by atoms with Gasteiger partial charge in [-0.25, -0.2) is 0 Å². The average molecular weight is 370 g/mol. The lowest BCUT2D eigenvalue weighted by atomic mass is 10.1. The number of halogens is 1. The van der Waals surface area contributed by atoms with Gasteiger partial charge in [0.05, 0.1) is 6.54 Å². The summed E-state index contributed by atoms with van der Waals surface area (Å²) in [7, 11) is 0. The molecule has 0 spiro atoms. The zero-order valence-corrected chi connectivity index (χ0v) is 15.0. The van der Waals surface area contributed by atoms with E-state index < -0.39 is 0 Å². The quantitative estimate of drug-likeness (QED) is 0.870. The summed E-state index contributed by atoms with van der Waals surface area (Å²) in [4.78, 5) is 26.0. The maximum absolute atomic E-state index is 12.5. The monoisotopic (exact) mass is 369 g/mol. The Morgan fingerprint density at radius 3 is 2.65 bits per heavy atom. The number of rotatable bonds is 4. The third-order valence-corrected chi connectivity index (χ3v) is 5.31. The van der Waals surface area contributed by atoms with Crippen LogP contribution in [0.25, 0.3) is 0 Å². The summed E-state index contributed by atoms with van der Waals surface area (Å²) in [6.07, 6.45) is 0.830. The molecule has 2 unspecified atom stereocenters. The normalized spacial score (nSPS) is 21.9. The second-order valence-electron chi connectivity index (χ2n) is 6.78. The Morgan fingerprint density at radius 2 is 1.92 bits per heavy atom. The van der Waals surface area contributed by atoms with Crippen LogP contribution < -0.4 is 15.5 Å². The van der Waals surface area contributed by atoms with Crippen molar-refractivity contribution in [1.82, 2.24) is 5.32 Å². The van der Waals surface area contributed by atoms with Crippen LogP contribution in [0, 0.1) is 5.92 Å². The fraction of sp³-hybridized carbons (Fsp3) is 0.300. The van der Waals surface area contributed by atoms with Gasteiger partial charge in [-0.3, -0.25) is 9.59 Å². The Morgan fingerprint density at radius 1 is 1.15 bits per heavy atom. The van der Waals surface area contributed by atoms with E-state index in [2.05, 4.69) is 10.6 Å². The fourth-order valence-electron chi connectivity index (χ4n) is 3.45. The van der Waals surface area contributed by atoms with E-state index in [1.165, 1.54) is 0 Å². The van der Waals surface area contributed by atoms with Gasteiger partial charge in [0.15, 0.2) is 0 Å². The van der Waals surface area contributed by atoms with E-state index in [1.54, 1.807) is 0 Å². The number of anilines is 2. The maximum Gasteiger partial charge on any atom is 0.239 e. The van der Waals surface area contributed by atoms with Crippen molar-refractivity contribution in [3.63, 3.8) is 0 Å². The van der Waals surface area contributed by atoms with Gasteiger partial charge in [-0.2, -0.15) is 0 Å². The van der Waals surface area contributed by atoms with Crippen LogP contribution >= 0.6 is 11.6 Å². The highest BCUT2D eigenvalue weighted by atomic mass is 35.5. The minimum absolute atomic E-state index is 0.0274. The lowest BCUT2D eigenvalue weighted by Gasteiger charge is -2.28. The van der Waals surface area contributed by atoms with Gasteiger partial charge in [0.1, 0.15) is 0 Å². The van der Waals surface area contributed by atoms with E-state index in [4.69, 9.17) is 11.6 Å². The molecule has 2 aromatic rings. The third-order valence-electron chi connectivity index (χ3n) is 4.97. The summed E-state index contributed by atoms with van der Waals surface area (Å²) in [6, 6.07) is 15.3. The molecule has 1 aliphatic carbocycles. The lowest BCUT2D eigenvalue weighted by Crippen LogP contribution is -2.47. The standard InChI is InChI=1S/C20H20ClN3O2/c21-18-4-2-1-3-15(18)16-11-17(16)20(26)23-13-5-7-14(8-6-13)24-10-9-22-19(25)12-24/h1-8,16-17H,9-12H2,(H,22,25)(H,23,26). The van der Waals surface area contributed by atoms with E-state index in [1.807, 2.05) is 53.4 Å². The van der Waals surface area contributed by atoms with Crippen molar-refractivity contribution in [3.05, 3.63) is 59.1 Å². The molecular weight excluding hydrogens is 350 g/mol. The Hall–Kier alpha value is -2.53. The van der Waals surface area contributed by atoms with E-state index in [9.17, 15) is 9.59 Å². The van der Waals surface area contributed by atoms with Crippen LogP contribution in [0.15, 0.2) is 48.5 Å². The van der Waals surface area contributed by atoms with Gasteiger partial charge in [0.25, 0.3) is 0 Å². The van der Waals surface area contributed by atoms with Gasteiger partial charge >= 0.3 is 0 Å². The van der Waals surface area contributed by atoms with Crippen LogP contribution in [0.5, 0.6) is 0 Å². The van der Waals surface area contributed by atoms with E-state index in [0.29, 0.717) is 13.1 Å². The van der Waals surface area contributed by atoms with Gasteiger partial charge in [0, 0.05) is 35.4 Å². The van der Waals surface area contributed by atoms with Crippen molar-refractivity contribution < 1.29 is 9.59 Å². The third kappa shape index (κ3) is 3.53. The largest absolute Gasteiger partial charge is 0.360 e. The Kier molecular flexibility index (Phi) is 4.55. The smallest absolute Gasteiger partial charge is 0.239 e. The van der Waals surface area contributed by atoms with Crippen molar-refractivity contribution in [1.29, 1.82) is 0 Å². The van der Waals surface area contributed by atoms with Crippen molar-refractivity contribution in [2.45, 2.75) is 12.3 Å². The first-order valence-electron chi connectivity index (χ1n) is 8.79. The Bertz CT molecular complexity index is 837. The second kappa shape index (κ2) is 7.00. The number of nitrogens with zero attached hydrogens (tertiary/aromatic N) is 1. The van der Waals surface area contributed by atoms with Crippen LogP contribution in [0.2, 0.25) is 5.02 Å². The summed E-state index contributed by atoms with van der Waals surface area (Å²) in [5.41, 5.74) is 2.80. The highest BCUT2D eigenvalue weighted by molar-refractivity contribution is 6.31. The number of carbonyl (C=O) groups excluding carboxylic acids is 2. The summed E-state index contributed by atoms with van der Waals surface area (Å²) in [6.45, 7) is 1.81. The topological polar surface area (TPSA) is 61.4 Å². The molecule has 1 heterocycles. The zero-order valence-electron chi connectivity index (χ0n) is 14.2. The SMILES string of the molecule is O=C1CN(c2ccc(NC(=O)C3CC3c3ccccc3Cl)cc2)CCN1. The average Bonchev–Trinajstić information content (AvgIpc) is 3.43. The Balaban J connectivity index is 1.37. The van der Waals surface area contributed by atoms with Crippen LogP contribution in [0.4, 0.5) is 11.4 Å². The summed E-state index contributed by atoms with van der Waals surface area (Å²) >= 11 is 6.23. The van der Waals surface area contributed by atoms with E-state index in [0.717, 1.165) is 34.9 Å². The highest BCUT2D eigenvalue weighted by Crippen LogP contribution is 2.50.